The van der Waals surface area contributed by atoms with Crippen LogP contribution >= 0.6 is 27.7 Å². The fraction of sp³-hybridized carbons (Fsp3) is 0.200. The van der Waals surface area contributed by atoms with Gasteiger partial charge in [-0.3, -0.25) is 9.59 Å². The van der Waals surface area contributed by atoms with Gasteiger partial charge in [0.2, 0.25) is 5.91 Å². The number of nitrogens with one attached hydrogen (secondary N) is 1. The van der Waals surface area contributed by atoms with Gasteiger partial charge in [-0.05, 0) is 49.2 Å². The molecule has 28 heavy (non-hydrogen) atoms. The lowest BCUT2D eigenvalue weighted by atomic mass is 10.0. The summed E-state index contributed by atoms with van der Waals surface area (Å²) < 4.78 is 0.799. The monoisotopic (exact) mass is 459 g/mol. The van der Waals surface area contributed by atoms with Gasteiger partial charge in [0.05, 0.1) is 11.5 Å². The Kier molecular flexibility index (Phi) is 6.31. The fourth-order valence-electron chi connectivity index (χ4n) is 2.56. The maximum Gasteiger partial charge on any atom is 0.240 e. The van der Waals surface area contributed by atoms with Gasteiger partial charge in [-0.25, -0.2) is 0 Å². The number of amidine groups is 1. The topological polar surface area (TPSA) is 91.1 Å². The molecule has 6 nitrogen and oxygen atoms in total. The highest BCUT2D eigenvalue weighted by Crippen LogP contribution is 2.25. The van der Waals surface area contributed by atoms with Crippen LogP contribution in [0.3, 0.4) is 0 Å². The second kappa shape index (κ2) is 8.70. The molecule has 1 atom stereocenters. The summed E-state index contributed by atoms with van der Waals surface area (Å²) in [5, 5.41) is 20.1. The summed E-state index contributed by atoms with van der Waals surface area (Å²) in [6, 6.07) is 10.5. The third-order valence-electron chi connectivity index (χ3n) is 4.31. The van der Waals surface area contributed by atoms with Crippen LogP contribution < -0.4 is 5.32 Å². The lowest BCUT2D eigenvalue weighted by Crippen LogP contribution is -2.26. The zero-order chi connectivity index (χ0) is 20.3. The van der Waals surface area contributed by atoms with Gasteiger partial charge >= 0.3 is 0 Å². The number of aromatic hydroxyl groups is 1. The molecule has 0 aliphatic carbocycles. The number of ketones is 1. The third-order valence-corrected chi connectivity index (χ3v) is 5.88. The first-order valence-electron chi connectivity index (χ1n) is 8.51. The van der Waals surface area contributed by atoms with Crippen molar-refractivity contribution in [2.75, 3.05) is 0 Å². The smallest absolute Gasteiger partial charge is 0.240 e. The van der Waals surface area contributed by atoms with Crippen LogP contribution in [-0.2, 0) is 4.79 Å². The number of Topliss-reactive ketones (excluding diaryl/α,β-unsaturated/α-hetero) is 1. The van der Waals surface area contributed by atoms with Crippen molar-refractivity contribution in [1.29, 1.82) is 0 Å². The molecule has 1 fully saturated rings. The number of thioether (sulfide) groups is 1. The van der Waals surface area contributed by atoms with Gasteiger partial charge in [-0.15, -0.1) is 5.10 Å². The van der Waals surface area contributed by atoms with Crippen molar-refractivity contribution in [3.05, 3.63) is 63.1 Å². The van der Waals surface area contributed by atoms with E-state index in [0.717, 1.165) is 15.6 Å². The summed E-state index contributed by atoms with van der Waals surface area (Å²) >= 11 is 4.49. The van der Waals surface area contributed by atoms with Crippen molar-refractivity contribution in [3.8, 4) is 5.75 Å². The van der Waals surface area contributed by atoms with Crippen LogP contribution in [0, 0.1) is 13.8 Å². The van der Waals surface area contributed by atoms with Crippen molar-refractivity contribution < 1.29 is 14.7 Å². The Bertz CT molecular complexity index is 1000. The third kappa shape index (κ3) is 4.88. The maximum atomic E-state index is 12.5. The number of hydrogen-bond acceptors (Lipinski definition) is 6. The average molecular weight is 460 g/mol. The first-order valence-corrected chi connectivity index (χ1v) is 10.2. The normalized spacial score (nSPS) is 18.0. The van der Waals surface area contributed by atoms with Crippen LogP contribution in [0.25, 0.3) is 0 Å². The van der Waals surface area contributed by atoms with Gasteiger partial charge in [-0.2, -0.15) is 5.10 Å². The Morgan fingerprint density at radius 3 is 2.79 bits per heavy atom. The molecule has 1 aliphatic heterocycles. The molecule has 2 aromatic rings. The van der Waals surface area contributed by atoms with E-state index in [9.17, 15) is 14.7 Å². The number of rotatable bonds is 5. The number of amides is 1. The number of carbonyl (C=O) groups is 2. The molecule has 144 valence electrons. The Morgan fingerprint density at radius 1 is 1.25 bits per heavy atom. The number of phenolic OH excluding ortho intramolecular Hbond substituents is 1. The Hall–Kier alpha value is -2.45. The number of halogens is 1. The van der Waals surface area contributed by atoms with E-state index < -0.39 is 5.25 Å². The van der Waals surface area contributed by atoms with Crippen molar-refractivity contribution in [2.24, 2.45) is 10.2 Å². The minimum atomic E-state index is -0.540. The highest BCUT2D eigenvalue weighted by atomic mass is 79.9. The van der Waals surface area contributed by atoms with E-state index in [2.05, 4.69) is 31.4 Å². The molecule has 2 aromatic carbocycles. The first-order chi connectivity index (χ1) is 13.3. The number of carbonyl (C=O) groups excluding carboxylic acids is 2. The SMILES string of the molecule is Cc1ccc(C(=O)CC2S/C(=N\N=C\c3cc(Br)ccc3O)NC2=O)cc1C. The van der Waals surface area contributed by atoms with Crippen LogP contribution in [0.5, 0.6) is 5.75 Å². The van der Waals surface area contributed by atoms with Crippen molar-refractivity contribution >= 4 is 50.8 Å². The molecule has 8 heteroatoms. The van der Waals surface area contributed by atoms with Gasteiger partial charge in [0.1, 0.15) is 5.75 Å². The summed E-state index contributed by atoms with van der Waals surface area (Å²) in [6.45, 7) is 3.94. The Balaban J connectivity index is 1.65. The molecule has 0 saturated carbocycles. The summed E-state index contributed by atoms with van der Waals surface area (Å²) in [7, 11) is 0. The standard InChI is InChI=1S/C20H18BrN3O3S/c1-11-3-4-13(7-12(11)2)17(26)9-18-19(27)23-20(28-18)24-22-10-14-8-15(21)5-6-16(14)25/h3-8,10,18,25H,9H2,1-2H3,(H,23,24,27)/b22-10+. The molecule has 1 saturated heterocycles. The summed E-state index contributed by atoms with van der Waals surface area (Å²) in [6.07, 6.45) is 1.49. The number of hydrogen-bond donors (Lipinski definition) is 2. The largest absolute Gasteiger partial charge is 0.507 e. The maximum absolute atomic E-state index is 12.5. The van der Waals surface area contributed by atoms with Crippen molar-refractivity contribution in [2.45, 2.75) is 25.5 Å². The molecule has 3 rings (SSSR count). The predicted octanol–water partition coefficient (Wildman–Crippen LogP) is 3.97. The highest BCUT2D eigenvalue weighted by molar-refractivity contribution is 9.10. The van der Waals surface area contributed by atoms with Crippen LogP contribution in [0.1, 0.15) is 33.5 Å². The minimum Gasteiger partial charge on any atom is -0.507 e. The van der Waals surface area contributed by atoms with Gasteiger partial charge in [0, 0.05) is 22.0 Å². The van der Waals surface area contributed by atoms with Crippen LogP contribution in [0.15, 0.2) is 51.1 Å². The van der Waals surface area contributed by atoms with E-state index in [-0.39, 0.29) is 23.9 Å². The van der Waals surface area contributed by atoms with Crippen molar-refractivity contribution in [3.63, 3.8) is 0 Å². The molecule has 1 heterocycles. The van der Waals surface area contributed by atoms with Crippen LogP contribution in [0.2, 0.25) is 0 Å². The molecule has 0 radical (unpaired) electrons. The molecule has 1 aliphatic rings. The van der Waals surface area contributed by atoms with Gasteiger partial charge in [0.25, 0.3) is 0 Å². The predicted molar refractivity (Wildman–Crippen MR) is 115 cm³/mol. The summed E-state index contributed by atoms with van der Waals surface area (Å²) in [5.41, 5.74) is 3.26. The van der Waals surface area contributed by atoms with Gasteiger partial charge in [0.15, 0.2) is 11.0 Å². The van der Waals surface area contributed by atoms with Crippen LogP contribution in [0.4, 0.5) is 0 Å². The highest BCUT2D eigenvalue weighted by Gasteiger charge is 2.32. The van der Waals surface area contributed by atoms with E-state index in [1.54, 1.807) is 24.3 Å². The molecule has 0 bridgehead atoms. The number of nitrogens with zero attached hydrogens (tertiary/aromatic N) is 2. The van der Waals surface area contributed by atoms with Crippen molar-refractivity contribution in [1.82, 2.24) is 5.32 Å². The second-order valence-corrected chi connectivity index (χ2v) is 8.48. The van der Waals surface area contributed by atoms with Gasteiger partial charge in [-0.1, -0.05) is 39.8 Å². The number of aryl methyl sites for hydroxylation is 2. The molecule has 0 spiro atoms. The zero-order valence-corrected chi connectivity index (χ0v) is 17.7. The van der Waals surface area contributed by atoms with E-state index in [1.165, 1.54) is 18.0 Å². The average Bonchev–Trinajstić information content (AvgIpc) is 2.99. The van der Waals surface area contributed by atoms with Gasteiger partial charge < -0.3 is 10.4 Å². The zero-order valence-electron chi connectivity index (χ0n) is 15.3. The van der Waals surface area contributed by atoms with E-state index in [4.69, 9.17) is 0 Å². The first kappa shape index (κ1) is 20.3. The van der Waals surface area contributed by atoms with E-state index in [0.29, 0.717) is 16.3 Å². The lowest BCUT2D eigenvalue weighted by molar-refractivity contribution is -0.118. The number of phenols is 1. The molecule has 1 unspecified atom stereocenters. The van der Waals surface area contributed by atoms with Crippen LogP contribution in [-0.4, -0.2) is 33.4 Å². The number of benzene rings is 2. The lowest BCUT2D eigenvalue weighted by Gasteiger charge is -2.06. The second-order valence-electron chi connectivity index (χ2n) is 6.37. The molecular formula is C20H18BrN3O3S. The molecule has 1 amide bonds. The van der Waals surface area contributed by atoms with E-state index >= 15 is 0 Å². The summed E-state index contributed by atoms with van der Waals surface area (Å²) in [5.74, 6) is -0.270. The Morgan fingerprint density at radius 2 is 2.04 bits per heavy atom. The quantitative estimate of drug-likeness (QED) is 0.402. The molecular weight excluding hydrogens is 442 g/mol. The molecule has 2 N–H and O–H groups in total. The Labute approximate surface area is 175 Å². The fourth-order valence-corrected chi connectivity index (χ4v) is 3.86. The minimum absolute atomic E-state index is 0.0760. The summed E-state index contributed by atoms with van der Waals surface area (Å²) in [4.78, 5) is 24.6. The molecule has 0 aromatic heterocycles. The van der Waals surface area contributed by atoms with E-state index in [1.807, 2.05) is 26.0 Å².